The number of carboxylic acid groups (broad SMARTS) is 1. The first-order chi connectivity index (χ1) is 8.09. The molecule has 0 aromatic heterocycles. The summed E-state index contributed by atoms with van der Waals surface area (Å²) in [4.78, 5) is 10.8. The molecule has 0 amide bonds. The third kappa shape index (κ3) is 2.32. The standard InChI is InChI=1S/C11H14N2O4/c12-8-3-7(9-5-17-2-1-13-9)10(14)4-6(8)11(15)16/h3-4,9,13-14H,1-2,5,12H2,(H,15,16). The van der Waals surface area contributed by atoms with E-state index in [4.69, 9.17) is 15.6 Å². The topological polar surface area (TPSA) is 105 Å². The molecule has 1 unspecified atom stereocenters. The number of nitrogens with two attached hydrogens (primary N) is 1. The summed E-state index contributed by atoms with van der Waals surface area (Å²) < 4.78 is 5.28. The number of hydrogen-bond acceptors (Lipinski definition) is 5. The molecule has 1 aliphatic heterocycles. The largest absolute Gasteiger partial charge is 0.508 e. The number of carbonyl (C=O) groups is 1. The van der Waals surface area contributed by atoms with E-state index in [0.29, 0.717) is 25.3 Å². The predicted molar refractivity (Wildman–Crippen MR) is 61.0 cm³/mol. The normalized spacial score (nSPS) is 20.1. The number of hydrogen-bond donors (Lipinski definition) is 4. The Balaban J connectivity index is 2.35. The van der Waals surface area contributed by atoms with Crippen LogP contribution in [-0.2, 0) is 4.74 Å². The fourth-order valence-corrected chi connectivity index (χ4v) is 1.85. The van der Waals surface area contributed by atoms with E-state index in [1.54, 1.807) is 0 Å². The maximum absolute atomic E-state index is 10.8. The third-order valence-electron chi connectivity index (χ3n) is 2.73. The maximum atomic E-state index is 10.8. The molecule has 2 rings (SSSR count). The zero-order valence-electron chi connectivity index (χ0n) is 9.14. The molecule has 5 N–H and O–H groups in total. The van der Waals surface area contributed by atoms with Crippen molar-refractivity contribution < 1.29 is 19.7 Å². The van der Waals surface area contributed by atoms with E-state index < -0.39 is 5.97 Å². The minimum Gasteiger partial charge on any atom is -0.508 e. The van der Waals surface area contributed by atoms with Gasteiger partial charge in [-0.25, -0.2) is 4.79 Å². The average Bonchev–Trinajstić information content (AvgIpc) is 2.32. The first-order valence-electron chi connectivity index (χ1n) is 5.26. The molecule has 1 saturated heterocycles. The van der Waals surface area contributed by atoms with Gasteiger partial charge in [0.05, 0.1) is 24.8 Å². The van der Waals surface area contributed by atoms with Crippen molar-refractivity contribution in [3.8, 4) is 5.75 Å². The number of aromatic hydroxyl groups is 1. The van der Waals surface area contributed by atoms with Gasteiger partial charge in [0, 0.05) is 17.8 Å². The van der Waals surface area contributed by atoms with Gasteiger partial charge in [0.15, 0.2) is 0 Å². The molecule has 0 saturated carbocycles. The second kappa shape index (κ2) is 4.60. The van der Waals surface area contributed by atoms with E-state index in [1.165, 1.54) is 12.1 Å². The lowest BCUT2D eigenvalue weighted by Crippen LogP contribution is -2.34. The van der Waals surface area contributed by atoms with Crippen LogP contribution in [0, 0.1) is 0 Å². The van der Waals surface area contributed by atoms with Crippen molar-refractivity contribution in [2.24, 2.45) is 0 Å². The van der Waals surface area contributed by atoms with Gasteiger partial charge in [-0.05, 0) is 12.1 Å². The summed E-state index contributed by atoms with van der Waals surface area (Å²) in [6, 6.07) is 2.49. The van der Waals surface area contributed by atoms with Crippen LogP contribution in [0.1, 0.15) is 22.0 Å². The van der Waals surface area contributed by atoms with Crippen LogP contribution >= 0.6 is 0 Å². The molecule has 0 radical (unpaired) electrons. The van der Waals surface area contributed by atoms with Crippen molar-refractivity contribution in [2.75, 3.05) is 25.5 Å². The second-order valence-corrected chi connectivity index (χ2v) is 3.89. The van der Waals surface area contributed by atoms with Crippen molar-refractivity contribution >= 4 is 11.7 Å². The minimum atomic E-state index is -1.16. The number of phenols is 1. The number of nitrogen functional groups attached to an aromatic ring is 1. The van der Waals surface area contributed by atoms with Gasteiger partial charge in [0.25, 0.3) is 0 Å². The van der Waals surface area contributed by atoms with Crippen molar-refractivity contribution in [2.45, 2.75) is 6.04 Å². The smallest absolute Gasteiger partial charge is 0.337 e. The summed E-state index contributed by atoms with van der Waals surface area (Å²) in [7, 11) is 0. The lowest BCUT2D eigenvalue weighted by Gasteiger charge is -2.25. The van der Waals surface area contributed by atoms with Crippen LogP contribution in [0.4, 0.5) is 5.69 Å². The second-order valence-electron chi connectivity index (χ2n) is 3.89. The molecule has 17 heavy (non-hydrogen) atoms. The van der Waals surface area contributed by atoms with Crippen molar-refractivity contribution in [3.05, 3.63) is 23.3 Å². The Morgan fingerprint density at radius 2 is 2.29 bits per heavy atom. The number of morpholine rings is 1. The van der Waals surface area contributed by atoms with Gasteiger partial charge in [-0.2, -0.15) is 0 Å². The van der Waals surface area contributed by atoms with Gasteiger partial charge in [-0.3, -0.25) is 0 Å². The van der Waals surface area contributed by atoms with Crippen LogP contribution in [0.5, 0.6) is 5.75 Å². The Hall–Kier alpha value is -1.79. The number of benzene rings is 1. The molecule has 1 fully saturated rings. The lowest BCUT2D eigenvalue weighted by molar-refractivity contribution is 0.0697. The first kappa shape index (κ1) is 11.7. The quantitative estimate of drug-likeness (QED) is 0.437. The lowest BCUT2D eigenvalue weighted by atomic mass is 10.0. The van der Waals surface area contributed by atoms with Crippen molar-refractivity contribution in [1.82, 2.24) is 5.32 Å². The number of carboxylic acids is 1. The van der Waals surface area contributed by atoms with Gasteiger partial charge in [-0.15, -0.1) is 0 Å². The third-order valence-corrected chi connectivity index (χ3v) is 2.73. The van der Waals surface area contributed by atoms with Crippen LogP contribution in [0.3, 0.4) is 0 Å². The number of aromatic carboxylic acids is 1. The van der Waals surface area contributed by atoms with Gasteiger partial charge in [0.1, 0.15) is 5.75 Å². The number of phenolic OH excluding ortho intramolecular Hbond substituents is 1. The van der Waals surface area contributed by atoms with Gasteiger partial charge < -0.3 is 26.0 Å². The molecule has 1 aromatic rings. The molecule has 0 aliphatic carbocycles. The highest BCUT2D eigenvalue weighted by Crippen LogP contribution is 2.30. The number of ether oxygens (including phenoxy) is 1. The van der Waals surface area contributed by atoms with Gasteiger partial charge in [0.2, 0.25) is 0 Å². The van der Waals surface area contributed by atoms with E-state index >= 15 is 0 Å². The Labute approximate surface area is 98.0 Å². The molecule has 1 aromatic carbocycles. The van der Waals surface area contributed by atoms with Crippen molar-refractivity contribution in [3.63, 3.8) is 0 Å². The Kier molecular flexibility index (Phi) is 3.16. The zero-order chi connectivity index (χ0) is 12.4. The highest BCUT2D eigenvalue weighted by molar-refractivity contribution is 5.94. The molecular weight excluding hydrogens is 224 g/mol. The molecule has 0 spiro atoms. The fourth-order valence-electron chi connectivity index (χ4n) is 1.85. The predicted octanol–water partition coefficient (Wildman–Crippen LogP) is 0.333. The number of nitrogens with one attached hydrogen (secondary N) is 1. The van der Waals surface area contributed by atoms with Crippen LogP contribution in [0.25, 0.3) is 0 Å². The zero-order valence-corrected chi connectivity index (χ0v) is 9.14. The summed E-state index contributed by atoms with van der Waals surface area (Å²) in [6.07, 6.45) is 0. The summed E-state index contributed by atoms with van der Waals surface area (Å²) in [5.74, 6) is -1.24. The van der Waals surface area contributed by atoms with Crippen LogP contribution < -0.4 is 11.1 Å². The Morgan fingerprint density at radius 1 is 1.53 bits per heavy atom. The summed E-state index contributed by atoms with van der Waals surface area (Å²) in [6.45, 7) is 1.74. The first-order valence-corrected chi connectivity index (χ1v) is 5.26. The highest BCUT2D eigenvalue weighted by Gasteiger charge is 2.21. The molecule has 1 aliphatic rings. The monoisotopic (exact) mass is 238 g/mol. The maximum Gasteiger partial charge on any atom is 0.337 e. The molecule has 1 heterocycles. The highest BCUT2D eigenvalue weighted by atomic mass is 16.5. The van der Waals surface area contributed by atoms with Crippen LogP contribution in [0.15, 0.2) is 12.1 Å². The van der Waals surface area contributed by atoms with E-state index in [0.717, 1.165) is 0 Å². The number of rotatable bonds is 2. The Morgan fingerprint density at radius 3 is 2.88 bits per heavy atom. The van der Waals surface area contributed by atoms with E-state index in [1.807, 2.05) is 0 Å². The molecule has 6 nitrogen and oxygen atoms in total. The molecule has 0 bridgehead atoms. The average molecular weight is 238 g/mol. The van der Waals surface area contributed by atoms with Crippen LogP contribution in [-0.4, -0.2) is 35.9 Å². The SMILES string of the molecule is Nc1cc(C2COCCN2)c(O)cc1C(=O)O. The van der Waals surface area contributed by atoms with Gasteiger partial charge >= 0.3 is 5.97 Å². The molecule has 1 atom stereocenters. The van der Waals surface area contributed by atoms with E-state index in [-0.39, 0.29) is 23.0 Å². The summed E-state index contributed by atoms with van der Waals surface area (Å²) >= 11 is 0. The fraction of sp³-hybridized carbons (Fsp3) is 0.364. The van der Waals surface area contributed by atoms with Gasteiger partial charge in [-0.1, -0.05) is 0 Å². The number of anilines is 1. The van der Waals surface area contributed by atoms with Crippen LogP contribution in [0.2, 0.25) is 0 Å². The van der Waals surface area contributed by atoms with E-state index in [9.17, 15) is 9.90 Å². The molecule has 92 valence electrons. The van der Waals surface area contributed by atoms with E-state index in [2.05, 4.69) is 5.32 Å². The van der Waals surface area contributed by atoms with Crippen molar-refractivity contribution in [1.29, 1.82) is 0 Å². The Bertz CT molecular complexity index is 441. The minimum absolute atomic E-state index is 0.0837. The molecular formula is C11H14N2O4. The molecule has 6 heteroatoms. The summed E-state index contributed by atoms with van der Waals surface area (Å²) in [5.41, 5.74) is 6.24. The summed E-state index contributed by atoms with van der Waals surface area (Å²) in [5, 5.41) is 21.8.